The first-order chi connectivity index (χ1) is 14.0. The Morgan fingerprint density at radius 1 is 1.23 bits per heavy atom. The molecule has 0 unspecified atom stereocenters. The SMILES string of the molecule is C[C@@H](O)Cn1c(=O)c(Oc2ccc(F)cc2F)cc2cnc(NCC(C)(C)C)nc21. The molecule has 0 radical (unpaired) electrons. The summed E-state index contributed by atoms with van der Waals surface area (Å²) in [5.74, 6) is -1.83. The van der Waals surface area contributed by atoms with Gasteiger partial charge in [0, 0.05) is 24.2 Å². The number of aliphatic hydroxyl groups is 1. The third kappa shape index (κ3) is 5.10. The van der Waals surface area contributed by atoms with Gasteiger partial charge in [0.25, 0.3) is 5.56 Å². The predicted molar refractivity (Wildman–Crippen MR) is 110 cm³/mol. The molecule has 2 heterocycles. The van der Waals surface area contributed by atoms with E-state index in [1.165, 1.54) is 23.8 Å². The topological polar surface area (TPSA) is 89.3 Å². The Morgan fingerprint density at radius 3 is 2.60 bits per heavy atom. The fraction of sp³-hybridized carbons (Fsp3) is 0.381. The number of aromatic nitrogens is 3. The summed E-state index contributed by atoms with van der Waals surface area (Å²) < 4.78 is 33.8. The van der Waals surface area contributed by atoms with Gasteiger partial charge in [-0.3, -0.25) is 9.36 Å². The number of fused-ring (bicyclic) bond motifs is 1. The van der Waals surface area contributed by atoms with E-state index < -0.39 is 23.3 Å². The third-order valence-electron chi connectivity index (χ3n) is 4.13. The van der Waals surface area contributed by atoms with Gasteiger partial charge in [-0.1, -0.05) is 20.8 Å². The summed E-state index contributed by atoms with van der Waals surface area (Å²) in [4.78, 5) is 21.7. The summed E-state index contributed by atoms with van der Waals surface area (Å²) in [6.45, 7) is 8.28. The highest BCUT2D eigenvalue weighted by atomic mass is 19.1. The van der Waals surface area contributed by atoms with Crippen molar-refractivity contribution in [2.45, 2.75) is 40.3 Å². The van der Waals surface area contributed by atoms with E-state index >= 15 is 0 Å². The Bertz CT molecular complexity index is 1120. The van der Waals surface area contributed by atoms with Gasteiger partial charge in [0.2, 0.25) is 5.95 Å². The number of benzene rings is 1. The maximum atomic E-state index is 14.0. The lowest BCUT2D eigenvalue weighted by molar-refractivity contribution is 0.173. The van der Waals surface area contributed by atoms with E-state index in [0.717, 1.165) is 12.1 Å². The van der Waals surface area contributed by atoms with E-state index in [-0.39, 0.29) is 23.5 Å². The highest BCUT2D eigenvalue weighted by molar-refractivity contribution is 5.77. The second-order valence-electron chi connectivity index (χ2n) is 8.34. The van der Waals surface area contributed by atoms with E-state index in [2.05, 4.69) is 36.1 Å². The molecule has 3 rings (SSSR count). The Labute approximate surface area is 172 Å². The highest BCUT2D eigenvalue weighted by Gasteiger charge is 2.17. The summed E-state index contributed by atoms with van der Waals surface area (Å²) in [7, 11) is 0. The number of anilines is 1. The fourth-order valence-electron chi connectivity index (χ4n) is 2.74. The number of rotatable bonds is 6. The molecule has 0 bridgehead atoms. The molecule has 7 nitrogen and oxygen atoms in total. The molecule has 2 aromatic heterocycles. The molecule has 9 heteroatoms. The maximum absolute atomic E-state index is 14.0. The molecular formula is C21H24F2N4O3. The predicted octanol–water partition coefficient (Wildman–Crippen LogP) is 3.70. The van der Waals surface area contributed by atoms with Gasteiger partial charge in [0.15, 0.2) is 17.3 Å². The van der Waals surface area contributed by atoms with Crippen LogP contribution in [0.15, 0.2) is 35.3 Å². The first kappa shape index (κ1) is 21.6. The number of ether oxygens (including phenoxy) is 1. The summed E-state index contributed by atoms with van der Waals surface area (Å²) in [6.07, 6.45) is 0.670. The number of nitrogens with zero attached hydrogens (tertiary/aromatic N) is 3. The van der Waals surface area contributed by atoms with Gasteiger partial charge in [-0.05, 0) is 30.5 Å². The minimum Gasteiger partial charge on any atom is -0.448 e. The summed E-state index contributed by atoms with van der Waals surface area (Å²) >= 11 is 0. The standard InChI is InChI=1S/C21H24F2N4O3/c1-12(28)10-27-18-13(9-24-20(26-18)25-11-21(2,3)4)7-17(19(27)29)30-16-6-5-14(22)8-15(16)23/h5-9,12,28H,10-11H2,1-4H3,(H,24,25,26)/t12-/m1/s1. The van der Waals surface area contributed by atoms with Crippen molar-refractivity contribution in [2.24, 2.45) is 5.41 Å². The molecule has 0 saturated heterocycles. The van der Waals surface area contributed by atoms with Crippen LogP contribution in [0.4, 0.5) is 14.7 Å². The third-order valence-corrected chi connectivity index (χ3v) is 4.13. The molecule has 2 N–H and O–H groups in total. The van der Waals surface area contributed by atoms with Crippen molar-refractivity contribution in [3.05, 3.63) is 52.5 Å². The Balaban J connectivity index is 2.07. The molecule has 0 fully saturated rings. The summed E-state index contributed by atoms with van der Waals surface area (Å²) in [5, 5.41) is 13.5. The van der Waals surface area contributed by atoms with Crippen LogP contribution < -0.4 is 15.6 Å². The molecule has 0 saturated carbocycles. The zero-order valence-electron chi connectivity index (χ0n) is 17.2. The lowest BCUT2D eigenvalue weighted by atomic mass is 9.97. The maximum Gasteiger partial charge on any atom is 0.295 e. The molecule has 160 valence electrons. The average molecular weight is 418 g/mol. The zero-order chi connectivity index (χ0) is 22.1. The van der Waals surface area contributed by atoms with Gasteiger partial charge < -0.3 is 15.2 Å². The Morgan fingerprint density at radius 2 is 1.97 bits per heavy atom. The first-order valence-electron chi connectivity index (χ1n) is 9.49. The van der Waals surface area contributed by atoms with Crippen LogP contribution in [0.3, 0.4) is 0 Å². The minimum absolute atomic E-state index is 0.00543. The van der Waals surface area contributed by atoms with Gasteiger partial charge in [0.05, 0.1) is 12.6 Å². The van der Waals surface area contributed by atoms with E-state index in [1.54, 1.807) is 0 Å². The van der Waals surface area contributed by atoms with Gasteiger partial charge in [-0.15, -0.1) is 0 Å². The molecular weight excluding hydrogens is 394 g/mol. The second kappa shape index (κ2) is 8.35. The summed E-state index contributed by atoms with van der Waals surface area (Å²) in [6, 6.07) is 4.20. The smallest absolute Gasteiger partial charge is 0.295 e. The molecule has 0 amide bonds. The van der Waals surface area contributed by atoms with Crippen molar-refractivity contribution in [3.8, 4) is 11.5 Å². The van der Waals surface area contributed by atoms with E-state index in [4.69, 9.17) is 4.74 Å². The lowest BCUT2D eigenvalue weighted by Crippen LogP contribution is -2.27. The van der Waals surface area contributed by atoms with Crippen LogP contribution in [0.2, 0.25) is 0 Å². The van der Waals surface area contributed by atoms with Crippen molar-refractivity contribution in [2.75, 3.05) is 11.9 Å². The van der Waals surface area contributed by atoms with Crippen LogP contribution in [0.1, 0.15) is 27.7 Å². The molecule has 0 aliphatic heterocycles. The molecule has 0 spiro atoms. The first-order valence-corrected chi connectivity index (χ1v) is 9.49. The zero-order valence-corrected chi connectivity index (χ0v) is 17.2. The van der Waals surface area contributed by atoms with Gasteiger partial charge in [-0.2, -0.15) is 4.98 Å². The second-order valence-corrected chi connectivity index (χ2v) is 8.34. The number of aliphatic hydroxyl groups excluding tert-OH is 1. The molecule has 30 heavy (non-hydrogen) atoms. The van der Waals surface area contributed by atoms with Crippen molar-refractivity contribution < 1.29 is 18.6 Å². The van der Waals surface area contributed by atoms with Crippen molar-refractivity contribution in [1.29, 1.82) is 0 Å². The van der Waals surface area contributed by atoms with Crippen molar-refractivity contribution >= 4 is 17.0 Å². The van der Waals surface area contributed by atoms with Crippen LogP contribution in [0, 0.1) is 17.0 Å². The largest absolute Gasteiger partial charge is 0.448 e. The monoisotopic (exact) mass is 418 g/mol. The Kier molecular flexibility index (Phi) is 6.02. The quantitative estimate of drug-likeness (QED) is 0.635. The Hall–Kier alpha value is -3.07. The molecule has 1 aromatic carbocycles. The minimum atomic E-state index is -0.936. The lowest BCUT2D eigenvalue weighted by Gasteiger charge is -2.19. The van der Waals surface area contributed by atoms with Crippen LogP contribution in [-0.4, -0.2) is 32.3 Å². The van der Waals surface area contributed by atoms with E-state index in [1.807, 2.05) is 0 Å². The van der Waals surface area contributed by atoms with Crippen molar-refractivity contribution in [3.63, 3.8) is 0 Å². The molecule has 3 aromatic rings. The molecule has 0 aliphatic carbocycles. The van der Waals surface area contributed by atoms with Gasteiger partial charge in [0.1, 0.15) is 11.5 Å². The van der Waals surface area contributed by atoms with E-state index in [9.17, 15) is 18.7 Å². The normalized spacial score (nSPS) is 12.8. The van der Waals surface area contributed by atoms with Crippen LogP contribution in [-0.2, 0) is 6.54 Å². The van der Waals surface area contributed by atoms with Gasteiger partial charge in [-0.25, -0.2) is 13.8 Å². The number of pyridine rings is 1. The van der Waals surface area contributed by atoms with Crippen LogP contribution in [0.5, 0.6) is 11.5 Å². The average Bonchev–Trinajstić information content (AvgIpc) is 2.64. The van der Waals surface area contributed by atoms with E-state index in [0.29, 0.717) is 29.6 Å². The fourth-order valence-corrected chi connectivity index (χ4v) is 2.74. The van der Waals surface area contributed by atoms with Gasteiger partial charge >= 0.3 is 0 Å². The number of halogens is 2. The van der Waals surface area contributed by atoms with Crippen LogP contribution in [0.25, 0.3) is 11.0 Å². The number of hydrogen-bond acceptors (Lipinski definition) is 6. The summed E-state index contributed by atoms with van der Waals surface area (Å²) in [5.41, 5.74) is -0.305. The van der Waals surface area contributed by atoms with Crippen molar-refractivity contribution in [1.82, 2.24) is 14.5 Å². The highest BCUT2D eigenvalue weighted by Crippen LogP contribution is 2.25. The number of nitrogens with one attached hydrogen (secondary N) is 1. The van der Waals surface area contributed by atoms with Crippen LogP contribution >= 0.6 is 0 Å². The number of hydrogen-bond donors (Lipinski definition) is 2. The molecule has 0 aliphatic rings. The molecule has 1 atom stereocenters.